The molecule has 0 bridgehead atoms. The summed E-state index contributed by atoms with van der Waals surface area (Å²) >= 11 is 0. The summed E-state index contributed by atoms with van der Waals surface area (Å²) in [5.74, 6) is 0.876. The van der Waals surface area contributed by atoms with Crippen LogP contribution in [-0.4, -0.2) is 78.4 Å². The van der Waals surface area contributed by atoms with Crippen molar-refractivity contribution in [1.29, 1.82) is 0 Å². The van der Waals surface area contributed by atoms with Crippen molar-refractivity contribution >= 4 is 5.96 Å². The maximum absolute atomic E-state index is 4.85. The summed E-state index contributed by atoms with van der Waals surface area (Å²) < 4.78 is 2.01. The highest BCUT2D eigenvalue weighted by Gasteiger charge is 2.12. The van der Waals surface area contributed by atoms with Crippen molar-refractivity contribution in [2.45, 2.75) is 40.2 Å². The number of aryl methyl sites for hydroxylation is 2. The molecule has 7 heteroatoms. The second-order valence-corrected chi connectivity index (χ2v) is 8.44. The van der Waals surface area contributed by atoms with Crippen molar-refractivity contribution < 1.29 is 0 Å². The molecule has 0 unspecified atom stereocenters. The normalized spacial score (nSPS) is 16.3. The fourth-order valence-corrected chi connectivity index (χ4v) is 4.06. The van der Waals surface area contributed by atoms with Crippen LogP contribution in [0.25, 0.3) is 5.69 Å². The zero-order valence-electron chi connectivity index (χ0n) is 19.7. The summed E-state index contributed by atoms with van der Waals surface area (Å²) in [5, 5.41) is 11.5. The Labute approximate surface area is 187 Å². The Bertz CT molecular complexity index is 842. The Morgan fingerprint density at radius 1 is 1.10 bits per heavy atom. The van der Waals surface area contributed by atoms with E-state index in [9.17, 15) is 0 Å². The highest BCUT2D eigenvalue weighted by Crippen LogP contribution is 2.17. The number of rotatable bonds is 8. The third-order valence-electron chi connectivity index (χ3n) is 5.74. The molecule has 0 atom stereocenters. The number of benzene rings is 1. The van der Waals surface area contributed by atoms with Gasteiger partial charge < -0.3 is 20.4 Å². The lowest BCUT2D eigenvalue weighted by Crippen LogP contribution is -2.39. The van der Waals surface area contributed by atoms with Crippen LogP contribution in [0.5, 0.6) is 0 Å². The van der Waals surface area contributed by atoms with E-state index in [1.165, 1.54) is 38.2 Å². The molecular formula is C24H39N7. The van der Waals surface area contributed by atoms with Gasteiger partial charge in [0, 0.05) is 31.9 Å². The molecule has 2 N–H and O–H groups in total. The van der Waals surface area contributed by atoms with Crippen LogP contribution in [0.4, 0.5) is 0 Å². The third-order valence-corrected chi connectivity index (χ3v) is 5.74. The number of aliphatic imine (C=N–C) groups is 1. The van der Waals surface area contributed by atoms with Gasteiger partial charge in [0.2, 0.25) is 0 Å². The molecule has 0 aliphatic carbocycles. The van der Waals surface area contributed by atoms with Crippen molar-refractivity contribution in [1.82, 2.24) is 30.2 Å². The van der Waals surface area contributed by atoms with Gasteiger partial charge in [-0.3, -0.25) is 0 Å². The van der Waals surface area contributed by atoms with Gasteiger partial charge in [-0.2, -0.15) is 5.10 Å². The lowest BCUT2D eigenvalue weighted by atomic mass is 10.2. The molecule has 7 nitrogen and oxygen atoms in total. The van der Waals surface area contributed by atoms with E-state index in [-0.39, 0.29) is 0 Å². The van der Waals surface area contributed by atoms with E-state index in [0.717, 1.165) is 49.1 Å². The standard InChI is InChI=1S/C24H39N7/c1-5-25-24(26-12-8-14-30-15-9-13-29(4)16-17-30)27-19-22-10-6-7-11-23(22)31-21(3)18-20(2)28-31/h6-7,10-11,18H,5,8-9,12-17,19H2,1-4H3,(H2,25,26,27). The number of hydrogen-bond acceptors (Lipinski definition) is 4. The molecular weight excluding hydrogens is 386 g/mol. The number of nitrogens with one attached hydrogen (secondary N) is 2. The van der Waals surface area contributed by atoms with Crippen molar-refractivity contribution in [3.63, 3.8) is 0 Å². The van der Waals surface area contributed by atoms with Crippen molar-refractivity contribution in [2.75, 3.05) is 52.9 Å². The average Bonchev–Trinajstić information content (AvgIpc) is 2.96. The number of hydrogen-bond donors (Lipinski definition) is 2. The molecule has 1 aromatic carbocycles. The summed E-state index contributed by atoms with van der Waals surface area (Å²) in [6.45, 7) is 14.5. The Morgan fingerprint density at radius 3 is 2.71 bits per heavy atom. The Balaban J connectivity index is 1.56. The van der Waals surface area contributed by atoms with Crippen LogP contribution in [0.3, 0.4) is 0 Å². The van der Waals surface area contributed by atoms with E-state index >= 15 is 0 Å². The molecule has 1 aliphatic rings. The number of guanidine groups is 1. The summed E-state index contributed by atoms with van der Waals surface area (Å²) in [5.41, 5.74) is 4.43. The topological polar surface area (TPSA) is 60.7 Å². The SMILES string of the molecule is CCNC(=NCc1ccccc1-n1nc(C)cc1C)NCCCN1CCCN(C)CC1. The quantitative estimate of drug-likeness (QED) is 0.387. The van der Waals surface area contributed by atoms with Gasteiger partial charge in [0.05, 0.1) is 17.9 Å². The number of likely N-dealkylation sites (N-methyl/N-ethyl adjacent to an activating group) is 1. The molecule has 0 spiro atoms. The van der Waals surface area contributed by atoms with Gasteiger partial charge in [0.15, 0.2) is 5.96 Å². The Morgan fingerprint density at radius 2 is 1.94 bits per heavy atom. The Kier molecular flexibility index (Phi) is 8.91. The lowest BCUT2D eigenvalue weighted by Gasteiger charge is -2.20. The van der Waals surface area contributed by atoms with Crippen LogP contribution < -0.4 is 10.6 Å². The molecule has 2 aromatic rings. The zero-order valence-corrected chi connectivity index (χ0v) is 19.7. The summed E-state index contributed by atoms with van der Waals surface area (Å²) in [4.78, 5) is 9.86. The molecule has 0 radical (unpaired) electrons. The molecule has 3 rings (SSSR count). The first-order valence-electron chi connectivity index (χ1n) is 11.6. The number of para-hydroxylation sites is 1. The van der Waals surface area contributed by atoms with Crippen molar-refractivity contribution in [2.24, 2.45) is 4.99 Å². The summed E-state index contributed by atoms with van der Waals surface area (Å²) in [6, 6.07) is 10.5. The van der Waals surface area contributed by atoms with Crippen LogP contribution >= 0.6 is 0 Å². The minimum Gasteiger partial charge on any atom is -0.357 e. The van der Waals surface area contributed by atoms with Crippen LogP contribution in [0, 0.1) is 13.8 Å². The predicted octanol–water partition coefficient (Wildman–Crippen LogP) is 2.57. The van der Waals surface area contributed by atoms with E-state index in [2.05, 4.69) is 76.8 Å². The molecule has 170 valence electrons. The third kappa shape index (κ3) is 7.08. The predicted molar refractivity (Wildman–Crippen MR) is 129 cm³/mol. The molecule has 0 saturated carbocycles. The second kappa shape index (κ2) is 11.9. The van der Waals surface area contributed by atoms with E-state index in [4.69, 9.17) is 4.99 Å². The van der Waals surface area contributed by atoms with E-state index in [0.29, 0.717) is 6.54 Å². The fourth-order valence-electron chi connectivity index (χ4n) is 4.06. The van der Waals surface area contributed by atoms with Crippen molar-refractivity contribution in [3.05, 3.63) is 47.3 Å². The smallest absolute Gasteiger partial charge is 0.191 e. The van der Waals surface area contributed by atoms with Gasteiger partial charge in [0.25, 0.3) is 0 Å². The maximum atomic E-state index is 4.85. The summed E-state index contributed by atoms with van der Waals surface area (Å²) in [7, 11) is 2.22. The molecule has 31 heavy (non-hydrogen) atoms. The first-order chi connectivity index (χ1) is 15.1. The van der Waals surface area contributed by atoms with Gasteiger partial charge in [-0.1, -0.05) is 18.2 Å². The van der Waals surface area contributed by atoms with Gasteiger partial charge in [-0.25, -0.2) is 9.67 Å². The van der Waals surface area contributed by atoms with Crippen LogP contribution in [0.2, 0.25) is 0 Å². The molecule has 0 amide bonds. The maximum Gasteiger partial charge on any atom is 0.191 e. The first-order valence-corrected chi connectivity index (χ1v) is 11.6. The number of aromatic nitrogens is 2. The number of nitrogens with zero attached hydrogens (tertiary/aromatic N) is 5. The minimum absolute atomic E-state index is 0.613. The molecule has 1 aromatic heterocycles. The molecule has 1 fully saturated rings. The van der Waals surface area contributed by atoms with Crippen molar-refractivity contribution in [3.8, 4) is 5.69 Å². The van der Waals surface area contributed by atoms with Gasteiger partial charge >= 0.3 is 0 Å². The molecule has 2 heterocycles. The van der Waals surface area contributed by atoms with Gasteiger partial charge in [-0.15, -0.1) is 0 Å². The van der Waals surface area contributed by atoms with E-state index in [1.807, 2.05) is 11.6 Å². The van der Waals surface area contributed by atoms with Crippen LogP contribution in [0.1, 0.15) is 36.7 Å². The zero-order chi connectivity index (χ0) is 22.1. The van der Waals surface area contributed by atoms with Crippen LogP contribution in [-0.2, 0) is 6.54 Å². The largest absolute Gasteiger partial charge is 0.357 e. The van der Waals surface area contributed by atoms with Crippen LogP contribution in [0.15, 0.2) is 35.3 Å². The average molecular weight is 426 g/mol. The lowest BCUT2D eigenvalue weighted by molar-refractivity contribution is 0.274. The van der Waals surface area contributed by atoms with Gasteiger partial charge in [-0.05, 0) is 78.0 Å². The minimum atomic E-state index is 0.613. The summed E-state index contributed by atoms with van der Waals surface area (Å²) in [6.07, 6.45) is 2.39. The molecule has 1 aliphatic heterocycles. The fraction of sp³-hybridized carbons (Fsp3) is 0.583. The second-order valence-electron chi connectivity index (χ2n) is 8.44. The molecule has 1 saturated heterocycles. The first kappa shape index (κ1) is 23.3. The monoisotopic (exact) mass is 425 g/mol. The van der Waals surface area contributed by atoms with E-state index in [1.54, 1.807) is 0 Å². The Hall–Kier alpha value is -2.38. The highest BCUT2D eigenvalue weighted by atomic mass is 15.3. The highest BCUT2D eigenvalue weighted by molar-refractivity contribution is 5.79. The van der Waals surface area contributed by atoms with Gasteiger partial charge in [0.1, 0.15) is 0 Å². The van der Waals surface area contributed by atoms with E-state index < -0.39 is 0 Å².